The molecular formula is C16H23N5. The van der Waals surface area contributed by atoms with Crippen LogP contribution in [-0.4, -0.2) is 26.1 Å². The van der Waals surface area contributed by atoms with Crippen molar-refractivity contribution >= 4 is 5.82 Å². The molecule has 1 N–H and O–H groups in total. The first-order chi connectivity index (χ1) is 10.3. The van der Waals surface area contributed by atoms with Crippen LogP contribution in [0.4, 0.5) is 5.82 Å². The summed E-state index contributed by atoms with van der Waals surface area (Å²) in [7, 11) is 1.98. The van der Waals surface area contributed by atoms with Crippen LogP contribution in [0.2, 0.25) is 0 Å². The molecule has 0 saturated carbocycles. The largest absolute Gasteiger partial charge is 0.370 e. The molecule has 21 heavy (non-hydrogen) atoms. The van der Waals surface area contributed by atoms with Crippen molar-refractivity contribution < 1.29 is 0 Å². The lowest BCUT2D eigenvalue weighted by molar-refractivity contribution is 0.709. The summed E-state index contributed by atoms with van der Waals surface area (Å²) in [5.74, 6) is 1.81. The van der Waals surface area contributed by atoms with Gasteiger partial charge < -0.3 is 9.88 Å². The number of hydrogen-bond donors (Lipinski definition) is 1. The standard InChI is InChI=1S/C16H23N5/c1-3-9-18-15-12-7-5-4-6-8-13(12)19-16(20-15)14-10-17-11-21(14)2/h10-11H,3-9H2,1-2H3,(H,18,19,20). The third-order valence-electron chi connectivity index (χ3n) is 4.02. The van der Waals surface area contributed by atoms with E-state index in [0.717, 1.165) is 43.1 Å². The quantitative estimate of drug-likeness (QED) is 0.877. The second-order valence-corrected chi connectivity index (χ2v) is 5.70. The molecule has 0 radical (unpaired) electrons. The van der Waals surface area contributed by atoms with Crippen molar-refractivity contribution in [2.24, 2.45) is 7.05 Å². The van der Waals surface area contributed by atoms with Gasteiger partial charge in [-0.3, -0.25) is 0 Å². The van der Waals surface area contributed by atoms with Gasteiger partial charge in [0.15, 0.2) is 5.82 Å². The lowest BCUT2D eigenvalue weighted by Gasteiger charge is -2.14. The smallest absolute Gasteiger partial charge is 0.180 e. The summed E-state index contributed by atoms with van der Waals surface area (Å²) in [5.41, 5.74) is 3.52. The Bertz CT molecular complexity index is 617. The predicted molar refractivity (Wildman–Crippen MR) is 84.3 cm³/mol. The van der Waals surface area contributed by atoms with Gasteiger partial charge >= 0.3 is 0 Å². The van der Waals surface area contributed by atoms with Crippen LogP contribution in [0.1, 0.15) is 43.9 Å². The first-order valence-electron chi connectivity index (χ1n) is 7.90. The fourth-order valence-corrected chi connectivity index (χ4v) is 2.85. The Morgan fingerprint density at radius 1 is 1.19 bits per heavy atom. The van der Waals surface area contributed by atoms with Crippen molar-refractivity contribution in [3.63, 3.8) is 0 Å². The van der Waals surface area contributed by atoms with Gasteiger partial charge in [0.25, 0.3) is 0 Å². The average molecular weight is 285 g/mol. The van der Waals surface area contributed by atoms with E-state index in [9.17, 15) is 0 Å². The number of fused-ring (bicyclic) bond motifs is 1. The van der Waals surface area contributed by atoms with Crippen molar-refractivity contribution in [1.82, 2.24) is 19.5 Å². The molecule has 3 rings (SSSR count). The molecule has 112 valence electrons. The van der Waals surface area contributed by atoms with E-state index in [0.29, 0.717) is 0 Å². The summed E-state index contributed by atoms with van der Waals surface area (Å²) in [6.45, 7) is 3.13. The number of hydrogen-bond acceptors (Lipinski definition) is 4. The van der Waals surface area contributed by atoms with Crippen LogP contribution in [0.25, 0.3) is 11.5 Å². The van der Waals surface area contributed by atoms with E-state index in [1.807, 2.05) is 17.8 Å². The lowest BCUT2D eigenvalue weighted by atomic mass is 10.1. The Kier molecular flexibility index (Phi) is 4.18. The molecule has 2 aromatic heterocycles. The highest BCUT2D eigenvalue weighted by Gasteiger charge is 2.18. The number of aryl methyl sites for hydroxylation is 2. The van der Waals surface area contributed by atoms with Crippen LogP contribution in [0, 0.1) is 0 Å². The minimum atomic E-state index is 0.786. The van der Waals surface area contributed by atoms with E-state index in [-0.39, 0.29) is 0 Å². The Balaban J connectivity index is 2.06. The van der Waals surface area contributed by atoms with Crippen LogP contribution < -0.4 is 5.32 Å². The summed E-state index contributed by atoms with van der Waals surface area (Å²) in [6, 6.07) is 0. The van der Waals surface area contributed by atoms with Crippen LogP contribution in [0.15, 0.2) is 12.5 Å². The van der Waals surface area contributed by atoms with Gasteiger partial charge in [-0.25, -0.2) is 15.0 Å². The second kappa shape index (κ2) is 6.24. The molecular weight excluding hydrogens is 262 g/mol. The topological polar surface area (TPSA) is 55.6 Å². The molecule has 0 aromatic carbocycles. The maximum Gasteiger partial charge on any atom is 0.180 e. The zero-order chi connectivity index (χ0) is 14.7. The normalized spacial score (nSPS) is 14.6. The van der Waals surface area contributed by atoms with Gasteiger partial charge in [0.1, 0.15) is 11.5 Å². The first-order valence-corrected chi connectivity index (χ1v) is 7.90. The number of aromatic nitrogens is 4. The molecule has 0 unspecified atom stereocenters. The molecule has 5 nitrogen and oxygen atoms in total. The van der Waals surface area contributed by atoms with Gasteiger partial charge in [-0.15, -0.1) is 0 Å². The van der Waals surface area contributed by atoms with Crippen molar-refractivity contribution in [2.75, 3.05) is 11.9 Å². The molecule has 0 spiro atoms. The van der Waals surface area contributed by atoms with Gasteiger partial charge in [0, 0.05) is 24.8 Å². The molecule has 2 aromatic rings. The number of nitrogens with one attached hydrogen (secondary N) is 1. The molecule has 0 atom stereocenters. The molecule has 0 fully saturated rings. The van der Waals surface area contributed by atoms with E-state index < -0.39 is 0 Å². The summed E-state index contributed by atoms with van der Waals surface area (Å²) in [5, 5.41) is 3.49. The monoisotopic (exact) mass is 285 g/mol. The van der Waals surface area contributed by atoms with Gasteiger partial charge in [0.2, 0.25) is 0 Å². The van der Waals surface area contributed by atoms with Crippen LogP contribution >= 0.6 is 0 Å². The van der Waals surface area contributed by atoms with E-state index in [2.05, 4.69) is 17.2 Å². The summed E-state index contributed by atoms with van der Waals surface area (Å²) >= 11 is 0. The second-order valence-electron chi connectivity index (χ2n) is 5.70. The van der Waals surface area contributed by atoms with Crippen molar-refractivity contribution in [3.8, 4) is 11.5 Å². The van der Waals surface area contributed by atoms with Crippen LogP contribution in [-0.2, 0) is 19.9 Å². The third-order valence-corrected chi connectivity index (χ3v) is 4.02. The van der Waals surface area contributed by atoms with Crippen LogP contribution in [0.5, 0.6) is 0 Å². The molecule has 0 amide bonds. The zero-order valence-corrected chi connectivity index (χ0v) is 12.9. The molecule has 1 aliphatic rings. The summed E-state index contributed by atoms with van der Waals surface area (Å²) in [6.07, 6.45) is 10.6. The van der Waals surface area contributed by atoms with E-state index >= 15 is 0 Å². The minimum absolute atomic E-state index is 0.786. The van der Waals surface area contributed by atoms with Crippen molar-refractivity contribution in [3.05, 3.63) is 23.8 Å². The SMILES string of the molecule is CCCNc1nc(-c2cncn2C)nc2c1CCCCC2. The highest BCUT2D eigenvalue weighted by Crippen LogP contribution is 2.27. The van der Waals surface area contributed by atoms with E-state index in [4.69, 9.17) is 9.97 Å². The van der Waals surface area contributed by atoms with E-state index in [1.165, 1.54) is 30.5 Å². The van der Waals surface area contributed by atoms with Gasteiger partial charge in [-0.05, 0) is 32.1 Å². The van der Waals surface area contributed by atoms with E-state index in [1.54, 1.807) is 6.33 Å². The number of anilines is 1. The van der Waals surface area contributed by atoms with Crippen molar-refractivity contribution in [1.29, 1.82) is 0 Å². The Hall–Kier alpha value is -1.91. The average Bonchev–Trinajstić information content (AvgIpc) is 2.78. The number of imidazole rings is 1. The Morgan fingerprint density at radius 2 is 2.05 bits per heavy atom. The molecule has 2 heterocycles. The fourth-order valence-electron chi connectivity index (χ4n) is 2.85. The first kappa shape index (κ1) is 14.0. The van der Waals surface area contributed by atoms with Crippen molar-refractivity contribution in [2.45, 2.75) is 45.4 Å². The lowest BCUT2D eigenvalue weighted by Crippen LogP contribution is -2.11. The van der Waals surface area contributed by atoms with Gasteiger partial charge in [0.05, 0.1) is 12.5 Å². The Labute approximate surface area is 125 Å². The summed E-state index contributed by atoms with van der Waals surface area (Å²) in [4.78, 5) is 13.8. The maximum atomic E-state index is 4.83. The maximum absolute atomic E-state index is 4.83. The Morgan fingerprint density at radius 3 is 2.81 bits per heavy atom. The molecule has 0 saturated heterocycles. The van der Waals surface area contributed by atoms with Gasteiger partial charge in [-0.2, -0.15) is 0 Å². The zero-order valence-electron chi connectivity index (χ0n) is 12.9. The molecule has 0 aliphatic heterocycles. The molecule has 5 heteroatoms. The molecule has 1 aliphatic carbocycles. The summed E-state index contributed by atoms with van der Waals surface area (Å²) < 4.78 is 1.97. The third kappa shape index (κ3) is 2.91. The molecule has 0 bridgehead atoms. The minimum Gasteiger partial charge on any atom is -0.370 e. The highest BCUT2D eigenvalue weighted by molar-refractivity contribution is 5.57. The number of nitrogens with zero attached hydrogens (tertiary/aromatic N) is 4. The fraction of sp³-hybridized carbons (Fsp3) is 0.562. The highest BCUT2D eigenvalue weighted by atomic mass is 15.1. The number of rotatable bonds is 4. The predicted octanol–water partition coefficient (Wildman–Crippen LogP) is 2.97. The van der Waals surface area contributed by atoms with Gasteiger partial charge in [-0.1, -0.05) is 13.3 Å². The van der Waals surface area contributed by atoms with Crippen LogP contribution in [0.3, 0.4) is 0 Å².